The lowest BCUT2D eigenvalue weighted by molar-refractivity contribution is -0.135. The first-order valence-electron chi connectivity index (χ1n) is 5.79. The lowest BCUT2D eigenvalue weighted by atomic mass is 9.93. The number of hydrogen-bond acceptors (Lipinski definition) is 3. The summed E-state index contributed by atoms with van der Waals surface area (Å²) < 4.78 is 5.42. The molecule has 1 amide bonds. The van der Waals surface area contributed by atoms with Crippen LogP contribution in [0.1, 0.15) is 30.9 Å². The Labute approximate surface area is 99.2 Å². The van der Waals surface area contributed by atoms with Gasteiger partial charge in [0.15, 0.2) is 0 Å². The molecule has 0 saturated carbocycles. The van der Waals surface area contributed by atoms with Crippen molar-refractivity contribution in [3.05, 3.63) is 24.2 Å². The van der Waals surface area contributed by atoms with E-state index in [1.54, 1.807) is 6.26 Å². The first-order chi connectivity index (χ1) is 7.84. The predicted molar refractivity (Wildman–Crippen MR) is 63.3 cm³/mol. The minimum atomic E-state index is 0.286. The van der Waals surface area contributed by atoms with Gasteiger partial charge in [-0.3, -0.25) is 4.79 Å². The highest BCUT2D eigenvalue weighted by Gasteiger charge is 2.37. The molecule has 2 fully saturated rings. The highest BCUT2D eigenvalue weighted by Crippen LogP contribution is 2.39. The maximum Gasteiger partial charge on any atom is 0.224 e. The number of carbonyl (C=O) groups is 1. The van der Waals surface area contributed by atoms with Crippen molar-refractivity contribution >= 4 is 17.7 Å². The molecular weight excluding hydrogens is 222 g/mol. The Hall–Kier alpha value is -0.900. The van der Waals surface area contributed by atoms with Gasteiger partial charge in [0.1, 0.15) is 5.76 Å². The number of amides is 1. The van der Waals surface area contributed by atoms with E-state index in [9.17, 15) is 4.79 Å². The van der Waals surface area contributed by atoms with Gasteiger partial charge in [0.05, 0.1) is 11.6 Å². The Morgan fingerprint density at radius 2 is 2.44 bits per heavy atom. The molecule has 0 aliphatic carbocycles. The van der Waals surface area contributed by atoms with E-state index in [1.807, 2.05) is 28.8 Å². The van der Waals surface area contributed by atoms with E-state index in [0.717, 1.165) is 25.1 Å². The normalized spacial score (nSPS) is 30.2. The van der Waals surface area contributed by atoms with E-state index >= 15 is 0 Å². The second-order valence-corrected chi connectivity index (χ2v) is 5.70. The fourth-order valence-electron chi connectivity index (χ4n) is 2.56. The van der Waals surface area contributed by atoms with Crippen LogP contribution in [0.2, 0.25) is 0 Å². The third-order valence-corrected chi connectivity index (χ3v) is 4.73. The first kappa shape index (κ1) is 10.3. The Kier molecular flexibility index (Phi) is 2.67. The number of hydrogen-bond donors (Lipinski definition) is 0. The quantitative estimate of drug-likeness (QED) is 0.752. The van der Waals surface area contributed by atoms with E-state index in [2.05, 4.69) is 0 Å². The van der Waals surface area contributed by atoms with Crippen molar-refractivity contribution in [2.75, 3.05) is 12.3 Å². The van der Waals surface area contributed by atoms with E-state index in [0.29, 0.717) is 17.7 Å². The maximum absolute atomic E-state index is 12.0. The molecule has 3 rings (SSSR count). The molecule has 4 heteroatoms. The average molecular weight is 237 g/mol. The smallest absolute Gasteiger partial charge is 0.224 e. The van der Waals surface area contributed by atoms with Gasteiger partial charge in [0.25, 0.3) is 0 Å². The molecule has 16 heavy (non-hydrogen) atoms. The summed E-state index contributed by atoms with van der Waals surface area (Å²) in [5, 5.41) is 0.380. The molecule has 1 aromatic rings. The molecule has 2 aliphatic heterocycles. The SMILES string of the molecule is O=C1C[C@H](c2ccco2)C[C@H]2SCCCN12. The van der Waals surface area contributed by atoms with Crippen LogP contribution in [-0.4, -0.2) is 28.5 Å². The molecule has 86 valence electrons. The molecule has 0 bridgehead atoms. The van der Waals surface area contributed by atoms with Crippen LogP contribution < -0.4 is 0 Å². The van der Waals surface area contributed by atoms with Crippen LogP contribution in [0, 0.1) is 0 Å². The molecule has 3 heterocycles. The molecular formula is C12H15NO2S. The largest absolute Gasteiger partial charge is 0.469 e. The Morgan fingerprint density at radius 3 is 3.25 bits per heavy atom. The number of carbonyl (C=O) groups excluding carboxylic acids is 1. The summed E-state index contributed by atoms with van der Waals surface area (Å²) in [5.41, 5.74) is 0. The van der Waals surface area contributed by atoms with Crippen LogP contribution in [0.15, 0.2) is 22.8 Å². The Morgan fingerprint density at radius 1 is 1.50 bits per heavy atom. The summed E-state index contributed by atoms with van der Waals surface area (Å²) in [7, 11) is 0. The van der Waals surface area contributed by atoms with Crippen LogP contribution in [0.5, 0.6) is 0 Å². The summed E-state index contributed by atoms with van der Waals surface area (Å²) in [6, 6.07) is 3.89. The van der Waals surface area contributed by atoms with Crippen molar-refractivity contribution in [2.45, 2.75) is 30.6 Å². The van der Waals surface area contributed by atoms with Crippen molar-refractivity contribution in [1.29, 1.82) is 0 Å². The van der Waals surface area contributed by atoms with Crippen molar-refractivity contribution in [3.63, 3.8) is 0 Å². The van der Waals surface area contributed by atoms with Crippen molar-refractivity contribution in [2.24, 2.45) is 0 Å². The summed E-state index contributed by atoms with van der Waals surface area (Å²) in [4.78, 5) is 14.1. The Balaban J connectivity index is 1.78. The molecule has 0 N–H and O–H groups in total. The third-order valence-electron chi connectivity index (χ3n) is 3.37. The van der Waals surface area contributed by atoms with Gasteiger partial charge in [0.2, 0.25) is 5.91 Å². The predicted octanol–water partition coefficient (Wildman–Crippen LogP) is 2.45. The lowest BCUT2D eigenvalue weighted by Gasteiger charge is -2.41. The van der Waals surface area contributed by atoms with E-state index in [-0.39, 0.29) is 5.92 Å². The number of nitrogens with zero attached hydrogens (tertiary/aromatic N) is 1. The summed E-state index contributed by atoms with van der Waals surface area (Å²) in [6.07, 6.45) is 4.49. The highest BCUT2D eigenvalue weighted by molar-refractivity contribution is 7.99. The van der Waals surface area contributed by atoms with E-state index in [4.69, 9.17) is 4.42 Å². The Bertz CT molecular complexity index is 376. The van der Waals surface area contributed by atoms with Gasteiger partial charge in [-0.25, -0.2) is 0 Å². The molecule has 0 radical (unpaired) electrons. The van der Waals surface area contributed by atoms with Crippen LogP contribution in [0.3, 0.4) is 0 Å². The van der Waals surface area contributed by atoms with Gasteiger partial charge in [-0.15, -0.1) is 11.8 Å². The van der Waals surface area contributed by atoms with E-state index < -0.39 is 0 Å². The second-order valence-electron chi connectivity index (χ2n) is 4.42. The van der Waals surface area contributed by atoms with Gasteiger partial charge >= 0.3 is 0 Å². The monoisotopic (exact) mass is 237 g/mol. The third kappa shape index (κ3) is 1.75. The molecule has 0 unspecified atom stereocenters. The van der Waals surface area contributed by atoms with Crippen molar-refractivity contribution in [3.8, 4) is 0 Å². The van der Waals surface area contributed by atoms with Crippen LogP contribution in [0.25, 0.3) is 0 Å². The average Bonchev–Trinajstić information content (AvgIpc) is 2.82. The first-order valence-corrected chi connectivity index (χ1v) is 6.84. The zero-order valence-electron chi connectivity index (χ0n) is 9.09. The fourth-order valence-corrected chi connectivity index (χ4v) is 3.90. The molecule has 2 saturated heterocycles. The highest BCUT2D eigenvalue weighted by atomic mass is 32.2. The number of furan rings is 1. The molecule has 3 nitrogen and oxygen atoms in total. The number of rotatable bonds is 1. The zero-order chi connectivity index (χ0) is 11.0. The number of fused-ring (bicyclic) bond motifs is 1. The summed E-state index contributed by atoms with van der Waals surface area (Å²) in [6.45, 7) is 0.946. The van der Waals surface area contributed by atoms with Crippen molar-refractivity contribution in [1.82, 2.24) is 4.90 Å². The van der Waals surface area contributed by atoms with E-state index in [1.165, 1.54) is 5.75 Å². The lowest BCUT2D eigenvalue weighted by Crippen LogP contribution is -2.47. The van der Waals surface area contributed by atoms with Crippen LogP contribution in [0.4, 0.5) is 0 Å². The van der Waals surface area contributed by atoms with Crippen LogP contribution >= 0.6 is 11.8 Å². The zero-order valence-corrected chi connectivity index (χ0v) is 9.91. The number of piperidine rings is 1. The van der Waals surface area contributed by atoms with Gasteiger partial charge in [-0.1, -0.05) is 0 Å². The summed E-state index contributed by atoms with van der Waals surface area (Å²) in [5.74, 6) is 2.73. The maximum atomic E-state index is 12.0. The molecule has 0 aromatic carbocycles. The van der Waals surface area contributed by atoms with Crippen molar-refractivity contribution < 1.29 is 9.21 Å². The second kappa shape index (κ2) is 4.17. The molecule has 2 atom stereocenters. The summed E-state index contributed by atoms with van der Waals surface area (Å²) >= 11 is 1.92. The van der Waals surface area contributed by atoms with Crippen LogP contribution in [-0.2, 0) is 4.79 Å². The minimum absolute atomic E-state index is 0.286. The molecule has 0 spiro atoms. The van der Waals surface area contributed by atoms with Gasteiger partial charge in [0, 0.05) is 18.9 Å². The van der Waals surface area contributed by atoms with Gasteiger partial charge < -0.3 is 9.32 Å². The fraction of sp³-hybridized carbons (Fsp3) is 0.583. The van der Waals surface area contributed by atoms with Gasteiger partial charge in [-0.05, 0) is 30.7 Å². The molecule has 1 aromatic heterocycles. The number of thioether (sulfide) groups is 1. The standard InChI is InChI=1S/C12H15NO2S/c14-11-7-9(10-3-1-5-15-10)8-12-13(11)4-2-6-16-12/h1,3,5,9,12H,2,4,6-8H2/t9-,12+/m0/s1. The molecule has 2 aliphatic rings. The minimum Gasteiger partial charge on any atom is -0.469 e. The topological polar surface area (TPSA) is 33.5 Å². The van der Waals surface area contributed by atoms with Gasteiger partial charge in [-0.2, -0.15) is 0 Å².